The monoisotopic (exact) mass is 424 g/mol. The van der Waals surface area contributed by atoms with Gasteiger partial charge in [-0.2, -0.15) is 0 Å². The van der Waals surface area contributed by atoms with Crippen LogP contribution < -0.4 is 25.4 Å². The van der Waals surface area contributed by atoms with E-state index in [9.17, 15) is 9.59 Å². The molecule has 1 aromatic carbocycles. The number of primary amides is 1. The first-order valence-corrected chi connectivity index (χ1v) is 10.2. The second-order valence-corrected chi connectivity index (χ2v) is 7.34. The summed E-state index contributed by atoms with van der Waals surface area (Å²) in [7, 11) is 1.56. The molecule has 0 aliphatic carbocycles. The standard InChI is InChI=1S/C23H28N4O4/c1-3-5-16-7-9-19(20(12-16)30-2)31-15-22(28)26-18-8-10-21(25-13-18)27-11-4-6-17(14-27)23(24)29/h3,5,7-10,12-13,17H,4,6,11,14-15H2,1-2H3,(H2,24,29)(H,26,28)/b5-3+. The van der Waals surface area contributed by atoms with Crippen LogP contribution in [-0.2, 0) is 9.59 Å². The number of allylic oxidation sites excluding steroid dienone is 1. The molecule has 1 unspecified atom stereocenters. The van der Waals surface area contributed by atoms with E-state index in [0.29, 0.717) is 23.7 Å². The number of rotatable bonds is 8. The summed E-state index contributed by atoms with van der Waals surface area (Å²) in [6.45, 7) is 3.17. The Morgan fingerprint density at radius 1 is 1.29 bits per heavy atom. The predicted molar refractivity (Wildman–Crippen MR) is 120 cm³/mol. The van der Waals surface area contributed by atoms with Crippen LogP contribution in [0.15, 0.2) is 42.6 Å². The van der Waals surface area contributed by atoms with Crippen LogP contribution in [0.3, 0.4) is 0 Å². The molecule has 0 bridgehead atoms. The third-order valence-electron chi connectivity index (χ3n) is 5.08. The van der Waals surface area contributed by atoms with Gasteiger partial charge >= 0.3 is 0 Å². The summed E-state index contributed by atoms with van der Waals surface area (Å²) < 4.78 is 11.0. The van der Waals surface area contributed by atoms with Crippen LogP contribution in [0, 0.1) is 5.92 Å². The topological polar surface area (TPSA) is 107 Å². The number of nitrogens with one attached hydrogen (secondary N) is 1. The van der Waals surface area contributed by atoms with Crippen molar-refractivity contribution >= 4 is 29.4 Å². The van der Waals surface area contributed by atoms with Gasteiger partial charge in [0.2, 0.25) is 5.91 Å². The Balaban J connectivity index is 1.55. The van der Waals surface area contributed by atoms with Gasteiger partial charge in [-0.3, -0.25) is 9.59 Å². The molecule has 2 heterocycles. The maximum absolute atomic E-state index is 12.3. The summed E-state index contributed by atoms with van der Waals surface area (Å²) in [6, 6.07) is 9.11. The van der Waals surface area contributed by atoms with Gasteiger partial charge in [0.1, 0.15) is 5.82 Å². The van der Waals surface area contributed by atoms with E-state index in [2.05, 4.69) is 10.3 Å². The van der Waals surface area contributed by atoms with Crippen LogP contribution in [0.5, 0.6) is 11.5 Å². The Hall–Kier alpha value is -3.55. The summed E-state index contributed by atoms with van der Waals surface area (Å²) in [5.41, 5.74) is 6.99. The van der Waals surface area contributed by atoms with Gasteiger partial charge < -0.3 is 25.4 Å². The molecule has 0 saturated carbocycles. The van der Waals surface area contributed by atoms with E-state index < -0.39 is 0 Å². The lowest BCUT2D eigenvalue weighted by Gasteiger charge is -2.32. The smallest absolute Gasteiger partial charge is 0.262 e. The molecule has 3 rings (SSSR count). The van der Waals surface area contributed by atoms with Crippen LogP contribution in [0.4, 0.5) is 11.5 Å². The van der Waals surface area contributed by atoms with Crippen molar-refractivity contribution in [2.75, 3.05) is 37.0 Å². The van der Waals surface area contributed by atoms with Gasteiger partial charge in [-0.05, 0) is 49.6 Å². The quantitative estimate of drug-likeness (QED) is 0.675. The number of piperidine rings is 1. The number of nitrogens with two attached hydrogens (primary N) is 1. The highest BCUT2D eigenvalue weighted by atomic mass is 16.5. The number of hydrogen-bond acceptors (Lipinski definition) is 6. The van der Waals surface area contributed by atoms with Crippen LogP contribution in [0.2, 0.25) is 0 Å². The SMILES string of the molecule is C/C=C/c1ccc(OCC(=O)Nc2ccc(N3CCCC(C(N)=O)C3)nc2)c(OC)c1. The molecule has 2 aromatic rings. The number of pyridine rings is 1. The van der Waals surface area contributed by atoms with Crippen molar-refractivity contribution in [2.45, 2.75) is 19.8 Å². The van der Waals surface area contributed by atoms with E-state index in [1.807, 2.05) is 42.2 Å². The molecule has 1 aromatic heterocycles. The molecule has 1 saturated heterocycles. The number of hydrogen-bond donors (Lipinski definition) is 2. The second-order valence-electron chi connectivity index (χ2n) is 7.34. The number of carbonyl (C=O) groups is 2. The highest BCUT2D eigenvalue weighted by Crippen LogP contribution is 2.28. The molecule has 164 valence electrons. The number of benzene rings is 1. The molecule has 8 nitrogen and oxygen atoms in total. The van der Waals surface area contributed by atoms with Gasteiger partial charge in [0.15, 0.2) is 18.1 Å². The Labute approximate surface area is 182 Å². The zero-order valence-electron chi connectivity index (χ0n) is 17.8. The first-order chi connectivity index (χ1) is 15.0. The predicted octanol–water partition coefficient (Wildman–Crippen LogP) is 2.84. The number of nitrogens with zero attached hydrogens (tertiary/aromatic N) is 2. The maximum Gasteiger partial charge on any atom is 0.262 e. The highest BCUT2D eigenvalue weighted by Gasteiger charge is 2.24. The van der Waals surface area contributed by atoms with Gasteiger partial charge in [0.25, 0.3) is 5.91 Å². The minimum atomic E-state index is -0.305. The van der Waals surface area contributed by atoms with Crippen LogP contribution in [-0.4, -0.2) is 43.6 Å². The number of methoxy groups -OCH3 is 1. The van der Waals surface area contributed by atoms with Crippen molar-refractivity contribution in [3.63, 3.8) is 0 Å². The Kier molecular flexibility index (Phi) is 7.48. The summed E-state index contributed by atoms with van der Waals surface area (Å²) in [6.07, 6.45) is 7.18. The average Bonchev–Trinajstić information content (AvgIpc) is 2.79. The number of carbonyl (C=O) groups excluding carboxylic acids is 2. The third kappa shape index (κ3) is 5.97. The summed E-state index contributed by atoms with van der Waals surface area (Å²) in [5.74, 6) is 1.07. The van der Waals surface area contributed by atoms with Crippen molar-refractivity contribution in [2.24, 2.45) is 11.7 Å². The van der Waals surface area contributed by atoms with E-state index in [1.54, 1.807) is 25.4 Å². The number of ether oxygens (including phenoxy) is 2. The fourth-order valence-corrected chi connectivity index (χ4v) is 3.50. The lowest BCUT2D eigenvalue weighted by Crippen LogP contribution is -2.41. The van der Waals surface area contributed by atoms with E-state index in [0.717, 1.165) is 30.8 Å². The van der Waals surface area contributed by atoms with Crippen molar-refractivity contribution in [1.29, 1.82) is 0 Å². The maximum atomic E-state index is 12.3. The molecule has 0 radical (unpaired) electrons. The first kappa shape index (κ1) is 22.1. The van der Waals surface area contributed by atoms with Crippen molar-refractivity contribution in [1.82, 2.24) is 4.98 Å². The van der Waals surface area contributed by atoms with Crippen molar-refractivity contribution < 1.29 is 19.1 Å². The molecule has 2 amide bonds. The van der Waals surface area contributed by atoms with Crippen LogP contribution >= 0.6 is 0 Å². The third-order valence-corrected chi connectivity index (χ3v) is 5.08. The van der Waals surface area contributed by atoms with E-state index in [4.69, 9.17) is 15.2 Å². The van der Waals surface area contributed by atoms with Crippen LogP contribution in [0.25, 0.3) is 6.08 Å². The molecule has 0 spiro atoms. The normalized spacial score (nSPS) is 16.2. The summed E-state index contributed by atoms with van der Waals surface area (Å²) in [5, 5.41) is 2.77. The van der Waals surface area contributed by atoms with Gasteiger partial charge in [0.05, 0.1) is 24.9 Å². The molecule has 31 heavy (non-hydrogen) atoms. The molecule has 1 aliphatic rings. The zero-order valence-corrected chi connectivity index (χ0v) is 17.8. The molecule has 8 heteroatoms. The van der Waals surface area contributed by atoms with Crippen LogP contribution in [0.1, 0.15) is 25.3 Å². The van der Waals surface area contributed by atoms with Gasteiger partial charge in [0, 0.05) is 13.1 Å². The molecular weight excluding hydrogens is 396 g/mol. The molecule has 1 aliphatic heterocycles. The molecular formula is C23H28N4O4. The van der Waals surface area contributed by atoms with Crippen molar-refractivity contribution in [3.05, 3.63) is 48.2 Å². The minimum Gasteiger partial charge on any atom is -0.493 e. The van der Waals surface area contributed by atoms with E-state index in [1.165, 1.54) is 0 Å². The largest absolute Gasteiger partial charge is 0.493 e. The summed E-state index contributed by atoms with van der Waals surface area (Å²) >= 11 is 0. The van der Waals surface area contributed by atoms with E-state index >= 15 is 0 Å². The van der Waals surface area contributed by atoms with Gasteiger partial charge in [-0.25, -0.2) is 4.98 Å². The zero-order chi connectivity index (χ0) is 22.2. The lowest BCUT2D eigenvalue weighted by molar-refractivity contribution is -0.122. The first-order valence-electron chi connectivity index (χ1n) is 10.2. The van der Waals surface area contributed by atoms with Crippen molar-refractivity contribution in [3.8, 4) is 11.5 Å². The lowest BCUT2D eigenvalue weighted by atomic mass is 9.97. The number of anilines is 2. The minimum absolute atomic E-state index is 0.156. The molecule has 3 N–H and O–H groups in total. The Morgan fingerprint density at radius 3 is 2.81 bits per heavy atom. The summed E-state index contributed by atoms with van der Waals surface area (Å²) in [4.78, 5) is 30.2. The molecule has 1 fully saturated rings. The fraction of sp³-hybridized carbons (Fsp3) is 0.348. The highest BCUT2D eigenvalue weighted by molar-refractivity contribution is 5.91. The van der Waals surface area contributed by atoms with E-state index in [-0.39, 0.29) is 24.3 Å². The number of aromatic nitrogens is 1. The fourth-order valence-electron chi connectivity index (χ4n) is 3.50. The Bertz CT molecular complexity index is 943. The average molecular weight is 425 g/mol. The second kappa shape index (κ2) is 10.5. The Morgan fingerprint density at radius 2 is 2.13 bits per heavy atom. The number of amides is 2. The van der Waals surface area contributed by atoms with Gasteiger partial charge in [-0.15, -0.1) is 0 Å². The molecule has 1 atom stereocenters. The van der Waals surface area contributed by atoms with Gasteiger partial charge in [-0.1, -0.05) is 18.2 Å².